The Labute approximate surface area is 254 Å². The van der Waals surface area contributed by atoms with Crippen LogP contribution in [0.25, 0.3) is 11.0 Å². The number of aromatic nitrogens is 1. The Balaban J connectivity index is 1.37. The fourth-order valence-electron chi connectivity index (χ4n) is 6.14. The lowest BCUT2D eigenvalue weighted by Gasteiger charge is -2.55. The lowest BCUT2D eigenvalue weighted by Crippen LogP contribution is -2.75. The number of hydrogen-bond donors (Lipinski definition) is 2. The molecule has 2 saturated heterocycles. The number of benzene rings is 3. The number of hydrogen-bond acceptors (Lipinski definition) is 8. The number of carbonyl (C=O) groups excluding carboxylic acids is 3. The lowest BCUT2D eigenvalue weighted by molar-refractivity contribution is -0.205. The average molecular weight is 595 g/mol. The number of hydrazine groups is 1. The Morgan fingerprint density at radius 1 is 1.05 bits per heavy atom. The molecule has 0 spiro atoms. The van der Waals surface area contributed by atoms with Gasteiger partial charge in [-0.3, -0.25) is 14.4 Å². The van der Waals surface area contributed by atoms with Crippen LogP contribution >= 0.6 is 0 Å². The van der Waals surface area contributed by atoms with Crippen molar-refractivity contribution in [2.45, 2.75) is 38.0 Å². The normalized spacial score (nSPS) is 19.0. The largest absolute Gasteiger partial charge is 0.508 e. The van der Waals surface area contributed by atoms with E-state index in [1.54, 1.807) is 56.2 Å². The number of rotatable bonds is 9. The Morgan fingerprint density at radius 2 is 1.82 bits per heavy atom. The van der Waals surface area contributed by atoms with Gasteiger partial charge in [0.15, 0.2) is 11.4 Å². The fraction of sp³-hybridized carbons (Fsp3) is 0.273. The van der Waals surface area contributed by atoms with Crippen LogP contribution in [0.5, 0.6) is 5.75 Å². The van der Waals surface area contributed by atoms with Crippen molar-refractivity contribution in [1.29, 1.82) is 0 Å². The number of nitrogen functional groups attached to an aromatic ring is 1. The maximum absolute atomic E-state index is 14.2. The molecule has 1 aromatic heterocycles. The van der Waals surface area contributed by atoms with E-state index in [9.17, 15) is 19.5 Å². The summed E-state index contributed by atoms with van der Waals surface area (Å²) in [4.78, 5) is 45.2. The third kappa shape index (κ3) is 5.61. The van der Waals surface area contributed by atoms with E-state index in [4.69, 9.17) is 10.3 Å². The molecule has 2 atom stereocenters. The van der Waals surface area contributed by atoms with Gasteiger partial charge in [-0.15, -0.1) is 6.58 Å². The fourth-order valence-corrected chi connectivity index (χ4v) is 6.14. The van der Waals surface area contributed by atoms with Gasteiger partial charge in [0.1, 0.15) is 18.0 Å². The minimum absolute atomic E-state index is 0.0599. The molecule has 0 aliphatic carbocycles. The maximum Gasteiger partial charge on any atom is 0.246 e. The standard InChI is InChI=1S/C33H34N6O5/c1-2-17-37-21-30(42)38-27(18-23-11-14-25(40)15-12-23)33(43)36(19-24-9-6-10-26-31(24)44-35-32(26)34)20-28(38)39(37)29(41)16-13-22-7-4-3-5-8-22/h2-12,14-15,27-28,40H,1,13,16-21H2,(H2,34,35)/t27-,28-/m0/s1. The second-order valence-electron chi connectivity index (χ2n) is 11.1. The van der Waals surface area contributed by atoms with Crippen molar-refractivity contribution in [2.75, 3.05) is 25.4 Å². The number of nitrogens with two attached hydrogens (primary N) is 1. The number of phenols is 1. The van der Waals surface area contributed by atoms with Gasteiger partial charge in [-0.05, 0) is 35.7 Å². The summed E-state index contributed by atoms with van der Waals surface area (Å²) < 4.78 is 5.51. The summed E-state index contributed by atoms with van der Waals surface area (Å²) in [5, 5.41) is 17.7. The molecule has 2 fully saturated rings. The van der Waals surface area contributed by atoms with E-state index in [1.807, 2.05) is 42.5 Å². The first-order valence-electron chi connectivity index (χ1n) is 14.6. The monoisotopic (exact) mass is 594 g/mol. The quantitative estimate of drug-likeness (QED) is 0.282. The molecule has 3 heterocycles. The average Bonchev–Trinajstić information content (AvgIpc) is 3.41. The van der Waals surface area contributed by atoms with Crippen LogP contribution in [-0.4, -0.2) is 79.6 Å². The number of amides is 3. The van der Waals surface area contributed by atoms with E-state index in [-0.39, 0.29) is 61.8 Å². The van der Waals surface area contributed by atoms with E-state index >= 15 is 0 Å². The van der Waals surface area contributed by atoms with Crippen molar-refractivity contribution in [3.8, 4) is 5.75 Å². The predicted molar refractivity (Wildman–Crippen MR) is 163 cm³/mol. The number of para-hydroxylation sites is 1. The van der Waals surface area contributed by atoms with Gasteiger partial charge >= 0.3 is 0 Å². The Hall–Kier alpha value is -5.16. The van der Waals surface area contributed by atoms with Crippen molar-refractivity contribution in [3.63, 3.8) is 0 Å². The van der Waals surface area contributed by atoms with E-state index in [0.29, 0.717) is 29.5 Å². The van der Waals surface area contributed by atoms with Crippen LogP contribution in [0.1, 0.15) is 23.1 Å². The summed E-state index contributed by atoms with van der Waals surface area (Å²) in [6, 6.07) is 20.9. The van der Waals surface area contributed by atoms with Crippen molar-refractivity contribution >= 4 is 34.5 Å². The Morgan fingerprint density at radius 3 is 2.57 bits per heavy atom. The predicted octanol–water partition coefficient (Wildman–Crippen LogP) is 3.10. The zero-order chi connectivity index (χ0) is 30.8. The minimum Gasteiger partial charge on any atom is -0.508 e. The van der Waals surface area contributed by atoms with Gasteiger partial charge in [0.25, 0.3) is 0 Å². The van der Waals surface area contributed by atoms with E-state index in [0.717, 1.165) is 11.1 Å². The number of nitrogens with zero attached hydrogens (tertiary/aromatic N) is 5. The van der Waals surface area contributed by atoms with Crippen LogP contribution in [0.2, 0.25) is 0 Å². The van der Waals surface area contributed by atoms with Crippen LogP contribution in [0.3, 0.4) is 0 Å². The third-order valence-electron chi connectivity index (χ3n) is 8.23. The van der Waals surface area contributed by atoms with Gasteiger partial charge in [0.05, 0.1) is 18.5 Å². The molecule has 0 unspecified atom stereocenters. The van der Waals surface area contributed by atoms with Crippen LogP contribution in [0.15, 0.2) is 90.0 Å². The van der Waals surface area contributed by atoms with Crippen LogP contribution in [0.4, 0.5) is 5.82 Å². The molecule has 44 heavy (non-hydrogen) atoms. The minimum atomic E-state index is -0.875. The third-order valence-corrected chi connectivity index (χ3v) is 8.23. The topological polar surface area (TPSA) is 136 Å². The summed E-state index contributed by atoms with van der Waals surface area (Å²) in [5.74, 6) is -0.281. The van der Waals surface area contributed by atoms with Crippen molar-refractivity contribution in [1.82, 2.24) is 25.0 Å². The first-order chi connectivity index (χ1) is 21.3. The number of phenolic OH excluding ortho intramolecular Hbond substituents is 1. The molecule has 11 nitrogen and oxygen atoms in total. The first kappa shape index (κ1) is 28.9. The van der Waals surface area contributed by atoms with Gasteiger partial charge < -0.3 is 25.2 Å². The second-order valence-corrected chi connectivity index (χ2v) is 11.1. The number of piperazine rings is 1. The number of aromatic hydroxyl groups is 1. The highest BCUT2D eigenvalue weighted by molar-refractivity contribution is 5.93. The Kier molecular flexibility index (Phi) is 8.03. The molecule has 3 aromatic carbocycles. The molecule has 4 aromatic rings. The zero-order valence-electron chi connectivity index (χ0n) is 24.2. The van der Waals surface area contributed by atoms with E-state index < -0.39 is 12.2 Å². The summed E-state index contributed by atoms with van der Waals surface area (Å²) in [7, 11) is 0. The molecule has 3 amide bonds. The van der Waals surface area contributed by atoms with Gasteiger partial charge in [-0.25, -0.2) is 10.0 Å². The number of anilines is 1. The number of fused-ring (bicyclic) bond motifs is 2. The maximum atomic E-state index is 14.2. The van der Waals surface area contributed by atoms with Gasteiger partial charge in [0.2, 0.25) is 17.7 Å². The zero-order valence-corrected chi connectivity index (χ0v) is 24.2. The molecule has 0 saturated carbocycles. The molecule has 226 valence electrons. The Bertz CT molecular complexity index is 1690. The molecular formula is C33H34N6O5. The summed E-state index contributed by atoms with van der Waals surface area (Å²) in [5.41, 5.74) is 8.99. The highest BCUT2D eigenvalue weighted by Gasteiger charge is 2.51. The van der Waals surface area contributed by atoms with Gasteiger partial charge in [-0.2, -0.15) is 0 Å². The van der Waals surface area contributed by atoms with Crippen LogP contribution < -0.4 is 5.73 Å². The SMILES string of the molecule is C=CCN1CC(=O)N2[C@@H](Cc3ccc(O)cc3)C(=O)N(Cc3cccc4c(N)noc34)C[C@@H]2N1C(=O)CCc1ccccc1. The number of carbonyl (C=O) groups is 3. The molecular weight excluding hydrogens is 560 g/mol. The molecule has 11 heteroatoms. The first-order valence-corrected chi connectivity index (χ1v) is 14.6. The van der Waals surface area contributed by atoms with Crippen LogP contribution in [0, 0.1) is 0 Å². The molecule has 6 rings (SSSR count). The van der Waals surface area contributed by atoms with Gasteiger partial charge in [0, 0.05) is 31.5 Å². The van der Waals surface area contributed by atoms with Gasteiger partial charge in [-0.1, -0.05) is 65.8 Å². The van der Waals surface area contributed by atoms with Crippen molar-refractivity contribution < 1.29 is 24.0 Å². The lowest BCUT2D eigenvalue weighted by atomic mass is 9.98. The van der Waals surface area contributed by atoms with E-state index in [1.165, 1.54) is 0 Å². The summed E-state index contributed by atoms with van der Waals surface area (Å²) >= 11 is 0. The second kappa shape index (κ2) is 12.2. The highest BCUT2D eigenvalue weighted by Crippen LogP contribution is 2.32. The molecule has 0 radical (unpaired) electrons. The molecule has 2 aliphatic rings. The number of aryl methyl sites for hydroxylation is 1. The molecule has 3 N–H and O–H groups in total. The smallest absolute Gasteiger partial charge is 0.246 e. The highest BCUT2D eigenvalue weighted by atomic mass is 16.5. The molecule has 0 bridgehead atoms. The van der Waals surface area contributed by atoms with E-state index in [2.05, 4.69) is 11.7 Å². The summed E-state index contributed by atoms with van der Waals surface area (Å²) in [6.45, 7) is 4.35. The summed E-state index contributed by atoms with van der Waals surface area (Å²) in [6.07, 6.45) is 1.90. The molecule has 2 aliphatic heterocycles. The van der Waals surface area contributed by atoms with Crippen molar-refractivity contribution in [3.05, 3.63) is 102 Å². The van der Waals surface area contributed by atoms with Crippen LogP contribution in [-0.2, 0) is 33.8 Å². The van der Waals surface area contributed by atoms with Crippen molar-refractivity contribution in [2.24, 2.45) is 0 Å².